The largest absolute Gasteiger partial charge is 0.384 e. The van der Waals surface area contributed by atoms with Crippen LogP contribution in [-0.2, 0) is 6.42 Å². The van der Waals surface area contributed by atoms with E-state index in [0.29, 0.717) is 5.69 Å². The van der Waals surface area contributed by atoms with Crippen molar-refractivity contribution in [2.45, 2.75) is 26.7 Å². The minimum atomic E-state index is 0.432. The number of pyridine rings is 1. The maximum atomic E-state index is 8.65. The molecule has 98 valence electrons. The second kappa shape index (κ2) is 6.01. The first-order valence-electron chi connectivity index (χ1n) is 6.22. The van der Waals surface area contributed by atoms with Gasteiger partial charge in [-0.1, -0.05) is 5.16 Å². The lowest BCUT2D eigenvalue weighted by atomic mass is 10.1. The van der Waals surface area contributed by atoms with Crippen LogP contribution in [0.3, 0.4) is 0 Å². The molecule has 0 bridgehead atoms. The Morgan fingerprint density at radius 1 is 1.37 bits per heavy atom. The Kier molecular flexibility index (Phi) is 4.14. The second-order valence-corrected chi connectivity index (χ2v) is 4.38. The van der Waals surface area contributed by atoms with Crippen molar-refractivity contribution in [2.24, 2.45) is 0 Å². The molecule has 0 amide bonds. The predicted octanol–water partition coefficient (Wildman–Crippen LogP) is 2.60. The summed E-state index contributed by atoms with van der Waals surface area (Å²) in [4.78, 5) is 4.01. The van der Waals surface area contributed by atoms with Crippen molar-refractivity contribution in [3.8, 4) is 6.07 Å². The molecule has 19 heavy (non-hydrogen) atoms. The molecule has 0 saturated carbocycles. The van der Waals surface area contributed by atoms with Crippen LogP contribution in [0.5, 0.6) is 0 Å². The van der Waals surface area contributed by atoms with Crippen LogP contribution in [0.2, 0.25) is 0 Å². The third-order valence-corrected chi connectivity index (χ3v) is 2.99. The van der Waals surface area contributed by atoms with Crippen molar-refractivity contribution in [3.05, 3.63) is 41.0 Å². The molecule has 0 atom stereocenters. The lowest BCUT2D eigenvalue weighted by molar-refractivity contribution is 0.392. The molecule has 5 heteroatoms. The Morgan fingerprint density at radius 2 is 2.21 bits per heavy atom. The van der Waals surface area contributed by atoms with E-state index < -0.39 is 0 Å². The molecule has 2 rings (SSSR count). The fourth-order valence-electron chi connectivity index (χ4n) is 1.92. The second-order valence-electron chi connectivity index (χ2n) is 4.38. The van der Waals surface area contributed by atoms with Gasteiger partial charge >= 0.3 is 0 Å². The lowest BCUT2D eigenvalue weighted by Gasteiger charge is -2.05. The Bertz CT molecular complexity index is 561. The maximum absolute atomic E-state index is 8.65. The molecule has 0 aliphatic rings. The molecule has 5 nitrogen and oxygen atoms in total. The zero-order valence-electron chi connectivity index (χ0n) is 11.1. The van der Waals surface area contributed by atoms with Crippen LogP contribution in [0.25, 0.3) is 0 Å². The topological polar surface area (TPSA) is 74.7 Å². The molecule has 1 N–H and O–H groups in total. The molecular weight excluding hydrogens is 240 g/mol. The van der Waals surface area contributed by atoms with E-state index >= 15 is 0 Å². The average Bonchev–Trinajstić information content (AvgIpc) is 2.75. The monoisotopic (exact) mass is 256 g/mol. The SMILES string of the molecule is Cc1noc(C)c1CCCNc1ccc(C#N)nc1. The summed E-state index contributed by atoms with van der Waals surface area (Å²) in [6.45, 7) is 4.74. The minimum absolute atomic E-state index is 0.432. The van der Waals surface area contributed by atoms with Crippen LogP contribution in [-0.4, -0.2) is 16.7 Å². The molecule has 2 aromatic rings. The van der Waals surface area contributed by atoms with Crippen molar-refractivity contribution in [3.63, 3.8) is 0 Å². The Balaban J connectivity index is 1.79. The molecule has 0 radical (unpaired) electrons. The van der Waals surface area contributed by atoms with Crippen molar-refractivity contribution in [1.29, 1.82) is 5.26 Å². The number of rotatable bonds is 5. The van der Waals surface area contributed by atoms with E-state index in [9.17, 15) is 0 Å². The van der Waals surface area contributed by atoms with Gasteiger partial charge in [-0.25, -0.2) is 4.98 Å². The van der Waals surface area contributed by atoms with Crippen molar-refractivity contribution in [2.75, 3.05) is 11.9 Å². The van der Waals surface area contributed by atoms with Crippen molar-refractivity contribution in [1.82, 2.24) is 10.1 Å². The summed E-state index contributed by atoms with van der Waals surface area (Å²) in [7, 11) is 0. The summed E-state index contributed by atoms with van der Waals surface area (Å²) >= 11 is 0. The van der Waals surface area contributed by atoms with Gasteiger partial charge in [-0.05, 0) is 38.8 Å². The first kappa shape index (κ1) is 13.1. The fourth-order valence-corrected chi connectivity index (χ4v) is 1.92. The number of aromatic nitrogens is 2. The minimum Gasteiger partial charge on any atom is -0.384 e. The Labute approximate surface area is 112 Å². The number of nitrogens with one attached hydrogen (secondary N) is 1. The average molecular weight is 256 g/mol. The highest BCUT2D eigenvalue weighted by atomic mass is 16.5. The predicted molar refractivity (Wildman–Crippen MR) is 71.7 cm³/mol. The summed E-state index contributed by atoms with van der Waals surface area (Å²) in [6, 6.07) is 5.56. The molecule has 0 unspecified atom stereocenters. The highest BCUT2D eigenvalue weighted by Gasteiger charge is 2.07. The van der Waals surface area contributed by atoms with E-state index in [-0.39, 0.29) is 0 Å². The molecular formula is C14H16N4O. The lowest BCUT2D eigenvalue weighted by Crippen LogP contribution is -2.04. The molecule has 0 saturated heterocycles. The smallest absolute Gasteiger partial charge is 0.140 e. The van der Waals surface area contributed by atoms with Crippen LogP contribution in [0.15, 0.2) is 22.9 Å². The summed E-state index contributed by atoms with van der Waals surface area (Å²) in [6.07, 6.45) is 3.61. The van der Waals surface area contributed by atoms with E-state index in [1.165, 1.54) is 5.56 Å². The van der Waals surface area contributed by atoms with Crippen molar-refractivity contribution < 1.29 is 4.52 Å². The summed E-state index contributed by atoms with van der Waals surface area (Å²) in [5.74, 6) is 0.900. The van der Waals surface area contributed by atoms with Gasteiger partial charge in [0.15, 0.2) is 0 Å². The van der Waals surface area contributed by atoms with E-state index in [1.807, 2.05) is 26.0 Å². The van der Waals surface area contributed by atoms with Gasteiger partial charge in [0.1, 0.15) is 17.5 Å². The number of nitrogens with zero attached hydrogens (tertiary/aromatic N) is 3. The van der Waals surface area contributed by atoms with Gasteiger partial charge in [-0.15, -0.1) is 0 Å². The number of nitriles is 1. The number of hydrogen-bond donors (Lipinski definition) is 1. The Hall–Kier alpha value is -2.35. The van der Waals surface area contributed by atoms with Gasteiger partial charge in [0.25, 0.3) is 0 Å². The number of anilines is 1. The standard InChI is InChI=1S/C14H16N4O/c1-10-14(11(2)19-18-10)4-3-7-16-13-6-5-12(8-15)17-9-13/h5-6,9,16H,3-4,7H2,1-2H3. The molecule has 2 heterocycles. The van der Waals surface area contributed by atoms with Gasteiger partial charge in [-0.3, -0.25) is 0 Å². The first-order chi connectivity index (χ1) is 9.20. The van der Waals surface area contributed by atoms with E-state index in [2.05, 4.69) is 15.5 Å². The van der Waals surface area contributed by atoms with Gasteiger partial charge in [-0.2, -0.15) is 5.26 Å². The number of aryl methyl sites for hydroxylation is 2. The molecule has 2 aromatic heterocycles. The van der Waals surface area contributed by atoms with Crippen LogP contribution >= 0.6 is 0 Å². The van der Waals surface area contributed by atoms with Crippen LogP contribution in [0.4, 0.5) is 5.69 Å². The molecule has 0 aliphatic heterocycles. The van der Waals surface area contributed by atoms with E-state index in [0.717, 1.165) is 36.5 Å². The molecule has 0 fully saturated rings. The summed E-state index contributed by atoms with van der Waals surface area (Å²) in [5.41, 5.74) is 3.52. The van der Waals surface area contributed by atoms with Gasteiger partial charge in [0.05, 0.1) is 17.6 Å². The van der Waals surface area contributed by atoms with Gasteiger partial charge < -0.3 is 9.84 Å². The van der Waals surface area contributed by atoms with Crippen LogP contribution in [0, 0.1) is 25.2 Å². The first-order valence-corrected chi connectivity index (χ1v) is 6.22. The van der Waals surface area contributed by atoms with Crippen molar-refractivity contribution >= 4 is 5.69 Å². The Morgan fingerprint density at radius 3 is 2.79 bits per heavy atom. The van der Waals surface area contributed by atoms with Crippen LogP contribution < -0.4 is 5.32 Å². The summed E-state index contributed by atoms with van der Waals surface area (Å²) < 4.78 is 5.13. The highest BCUT2D eigenvalue weighted by molar-refractivity contribution is 5.42. The van der Waals surface area contributed by atoms with Crippen LogP contribution in [0.1, 0.15) is 29.1 Å². The maximum Gasteiger partial charge on any atom is 0.140 e. The third kappa shape index (κ3) is 3.32. The van der Waals surface area contributed by atoms with E-state index in [1.54, 1.807) is 12.3 Å². The zero-order valence-corrected chi connectivity index (χ0v) is 11.1. The van der Waals surface area contributed by atoms with Gasteiger partial charge in [0, 0.05) is 12.1 Å². The number of hydrogen-bond acceptors (Lipinski definition) is 5. The molecule has 0 spiro atoms. The fraction of sp³-hybridized carbons (Fsp3) is 0.357. The van der Waals surface area contributed by atoms with E-state index in [4.69, 9.17) is 9.78 Å². The molecule has 0 aromatic carbocycles. The summed E-state index contributed by atoms with van der Waals surface area (Å²) in [5, 5.41) is 15.9. The highest BCUT2D eigenvalue weighted by Crippen LogP contribution is 2.14. The normalized spacial score (nSPS) is 10.2. The third-order valence-electron chi connectivity index (χ3n) is 2.99. The van der Waals surface area contributed by atoms with Gasteiger partial charge in [0.2, 0.25) is 0 Å². The molecule has 0 aliphatic carbocycles. The quantitative estimate of drug-likeness (QED) is 0.832. The zero-order chi connectivity index (χ0) is 13.7.